The Balaban J connectivity index is 2.62. The van der Waals surface area contributed by atoms with Crippen molar-refractivity contribution in [2.24, 2.45) is 5.92 Å². The van der Waals surface area contributed by atoms with Gasteiger partial charge in [0.25, 0.3) is 0 Å². The van der Waals surface area contributed by atoms with Gasteiger partial charge in [0, 0.05) is 4.88 Å². The number of rotatable bonds is 5. The van der Waals surface area contributed by atoms with Crippen molar-refractivity contribution in [2.45, 2.75) is 12.7 Å². The molecule has 1 atom stereocenters. The monoisotopic (exact) mass is 262 g/mol. The molecule has 6 heteroatoms. The van der Waals surface area contributed by atoms with E-state index in [0.29, 0.717) is 0 Å². The van der Waals surface area contributed by atoms with E-state index in [4.69, 9.17) is 0 Å². The van der Waals surface area contributed by atoms with E-state index in [0.717, 1.165) is 4.88 Å². The molecule has 0 aliphatic rings. The van der Waals surface area contributed by atoms with Crippen LogP contribution in [0.2, 0.25) is 0 Å². The van der Waals surface area contributed by atoms with Crippen LogP contribution in [-0.2, 0) is 25.1 Å². The van der Waals surface area contributed by atoms with Gasteiger partial charge in [-0.1, -0.05) is 13.0 Å². The van der Waals surface area contributed by atoms with E-state index in [1.807, 2.05) is 5.38 Å². The first-order chi connectivity index (χ1) is 7.44. The molecule has 0 spiro atoms. The molecule has 0 amide bonds. The summed E-state index contributed by atoms with van der Waals surface area (Å²) in [5, 5.41) is 1.83. The molecule has 0 aromatic carbocycles. The molecule has 1 unspecified atom stereocenters. The lowest BCUT2D eigenvalue weighted by Crippen LogP contribution is -2.23. The van der Waals surface area contributed by atoms with E-state index < -0.39 is 21.7 Å². The first-order valence-corrected chi connectivity index (χ1v) is 7.45. The van der Waals surface area contributed by atoms with Gasteiger partial charge in [-0.3, -0.25) is 4.79 Å². The summed E-state index contributed by atoms with van der Waals surface area (Å²) in [5.41, 5.74) is 0. The topological polar surface area (TPSA) is 60.4 Å². The minimum Gasteiger partial charge on any atom is -0.469 e. The molecule has 0 N–H and O–H groups in total. The van der Waals surface area contributed by atoms with Crippen molar-refractivity contribution in [2.75, 3.05) is 12.9 Å². The van der Waals surface area contributed by atoms with Crippen molar-refractivity contribution in [3.8, 4) is 0 Å². The van der Waals surface area contributed by atoms with Crippen LogP contribution < -0.4 is 0 Å². The third-order valence-electron chi connectivity index (χ3n) is 2.05. The highest BCUT2D eigenvalue weighted by molar-refractivity contribution is 7.90. The van der Waals surface area contributed by atoms with Crippen LogP contribution in [0, 0.1) is 5.92 Å². The molecule has 0 saturated carbocycles. The Morgan fingerprint density at radius 1 is 1.56 bits per heavy atom. The van der Waals surface area contributed by atoms with E-state index in [1.165, 1.54) is 18.4 Å². The zero-order valence-corrected chi connectivity index (χ0v) is 10.8. The zero-order valence-electron chi connectivity index (χ0n) is 9.17. The Labute approximate surface area is 99.2 Å². The van der Waals surface area contributed by atoms with E-state index >= 15 is 0 Å². The number of hydrogen-bond donors (Lipinski definition) is 0. The summed E-state index contributed by atoms with van der Waals surface area (Å²) in [6, 6.07) is 3.57. The summed E-state index contributed by atoms with van der Waals surface area (Å²) in [5.74, 6) is -1.28. The van der Waals surface area contributed by atoms with Crippen molar-refractivity contribution in [3.63, 3.8) is 0 Å². The second-order valence-corrected chi connectivity index (χ2v) is 6.70. The lowest BCUT2D eigenvalue weighted by molar-refractivity contribution is -0.144. The number of hydrogen-bond acceptors (Lipinski definition) is 5. The number of carbonyl (C=O) groups excluding carboxylic acids is 1. The third kappa shape index (κ3) is 3.94. The van der Waals surface area contributed by atoms with Gasteiger partial charge in [-0.2, -0.15) is 0 Å². The molecular weight excluding hydrogens is 248 g/mol. The maximum Gasteiger partial charge on any atom is 0.309 e. The summed E-state index contributed by atoms with van der Waals surface area (Å²) in [4.78, 5) is 11.9. The van der Waals surface area contributed by atoms with Gasteiger partial charge in [0.05, 0.1) is 24.5 Å². The van der Waals surface area contributed by atoms with Crippen LogP contribution in [0.5, 0.6) is 0 Å². The van der Waals surface area contributed by atoms with Gasteiger partial charge in [0.2, 0.25) is 0 Å². The number of sulfone groups is 1. The molecule has 0 bridgehead atoms. The molecule has 0 aliphatic carbocycles. The van der Waals surface area contributed by atoms with Crippen molar-refractivity contribution < 1.29 is 17.9 Å². The summed E-state index contributed by atoms with van der Waals surface area (Å²) in [6.07, 6.45) is 0. The third-order valence-corrected chi connectivity index (χ3v) is 4.87. The van der Waals surface area contributed by atoms with Crippen LogP contribution >= 0.6 is 11.3 Å². The maximum absolute atomic E-state index is 11.7. The van der Waals surface area contributed by atoms with Crippen LogP contribution in [0.4, 0.5) is 0 Å². The second kappa shape index (κ2) is 5.45. The molecule has 16 heavy (non-hydrogen) atoms. The Bertz CT molecular complexity index is 433. The Morgan fingerprint density at radius 2 is 2.25 bits per heavy atom. The number of ether oxygens (including phenoxy) is 1. The van der Waals surface area contributed by atoms with Crippen molar-refractivity contribution in [1.82, 2.24) is 0 Å². The van der Waals surface area contributed by atoms with Gasteiger partial charge in [0.15, 0.2) is 9.84 Å². The molecular formula is C10H14O4S2. The van der Waals surface area contributed by atoms with Gasteiger partial charge in [0.1, 0.15) is 0 Å². The summed E-state index contributed by atoms with van der Waals surface area (Å²) >= 11 is 1.40. The van der Waals surface area contributed by atoms with Gasteiger partial charge >= 0.3 is 5.97 Å². The number of esters is 1. The minimum atomic E-state index is -3.25. The van der Waals surface area contributed by atoms with Crippen LogP contribution in [0.25, 0.3) is 0 Å². The largest absolute Gasteiger partial charge is 0.469 e. The van der Waals surface area contributed by atoms with Crippen LogP contribution in [0.3, 0.4) is 0 Å². The molecule has 1 aromatic heterocycles. The fraction of sp³-hybridized carbons (Fsp3) is 0.500. The smallest absolute Gasteiger partial charge is 0.309 e. The average molecular weight is 262 g/mol. The summed E-state index contributed by atoms with van der Waals surface area (Å²) in [6.45, 7) is 1.55. The lowest BCUT2D eigenvalue weighted by atomic mass is 10.2. The fourth-order valence-electron chi connectivity index (χ4n) is 1.32. The molecule has 0 fully saturated rings. The highest BCUT2D eigenvalue weighted by Gasteiger charge is 2.22. The van der Waals surface area contributed by atoms with E-state index in [2.05, 4.69) is 4.74 Å². The maximum atomic E-state index is 11.7. The lowest BCUT2D eigenvalue weighted by Gasteiger charge is -2.08. The second-order valence-electron chi connectivity index (χ2n) is 3.56. The average Bonchev–Trinajstić information content (AvgIpc) is 2.67. The van der Waals surface area contributed by atoms with Crippen molar-refractivity contribution in [3.05, 3.63) is 22.4 Å². The van der Waals surface area contributed by atoms with E-state index in [-0.39, 0.29) is 11.5 Å². The Morgan fingerprint density at radius 3 is 2.75 bits per heavy atom. The number of carbonyl (C=O) groups is 1. The highest BCUT2D eigenvalue weighted by Crippen LogP contribution is 2.15. The SMILES string of the molecule is COC(=O)C(C)CS(=O)(=O)Cc1cccs1. The van der Waals surface area contributed by atoms with Crippen molar-refractivity contribution in [1.29, 1.82) is 0 Å². The van der Waals surface area contributed by atoms with Crippen molar-refractivity contribution >= 4 is 27.1 Å². The van der Waals surface area contributed by atoms with Crippen LogP contribution in [0.15, 0.2) is 17.5 Å². The molecule has 0 radical (unpaired) electrons. The molecule has 0 aliphatic heterocycles. The number of methoxy groups -OCH3 is 1. The first-order valence-electron chi connectivity index (χ1n) is 4.75. The first kappa shape index (κ1) is 13.2. The van der Waals surface area contributed by atoms with Gasteiger partial charge in [-0.15, -0.1) is 11.3 Å². The van der Waals surface area contributed by atoms with Crippen LogP contribution in [-0.4, -0.2) is 27.2 Å². The molecule has 1 rings (SSSR count). The van der Waals surface area contributed by atoms with E-state index in [1.54, 1.807) is 19.1 Å². The Hall–Kier alpha value is -0.880. The van der Waals surface area contributed by atoms with Gasteiger partial charge in [-0.05, 0) is 11.4 Å². The molecule has 90 valence electrons. The standard InChI is InChI=1S/C10H14O4S2/c1-8(10(11)14-2)6-16(12,13)7-9-4-3-5-15-9/h3-5,8H,6-7H2,1-2H3. The Kier molecular flexibility index (Phi) is 4.49. The molecule has 0 saturated heterocycles. The molecule has 1 heterocycles. The highest BCUT2D eigenvalue weighted by atomic mass is 32.2. The van der Waals surface area contributed by atoms with Crippen LogP contribution in [0.1, 0.15) is 11.8 Å². The minimum absolute atomic E-state index is 0.00794. The molecule has 1 aromatic rings. The van der Waals surface area contributed by atoms with Gasteiger partial charge in [-0.25, -0.2) is 8.42 Å². The predicted octanol–water partition coefficient (Wildman–Crippen LogP) is 1.47. The molecule has 4 nitrogen and oxygen atoms in total. The quantitative estimate of drug-likeness (QED) is 0.754. The summed E-state index contributed by atoms with van der Waals surface area (Å²) in [7, 11) is -1.99. The summed E-state index contributed by atoms with van der Waals surface area (Å²) < 4.78 is 27.9. The normalized spacial score (nSPS) is 13.4. The van der Waals surface area contributed by atoms with E-state index in [9.17, 15) is 13.2 Å². The fourth-order valence-corrected chi connectivity index (χ4v) is 4.17. The zero-order chi connectivity index (χ0) is 12.2. The number of thiophene rings is 1. The van der Waals surface area contributed by atoms with Gasteiger partial charge < -0.3 is 4.74 Å². The predicted molar refractivity (Wildman–Crippen MR) is 63.0 cm³/mol.